The van der Waals surface area contributed by atoms with E-state index >= 15 is 0 Å². The summed E-state index contributed by atoms with van der Waals surface area (Å²) in [5, 5.41) is 5.61. The van der Waals surface area contributed by atoms with Gasteiger partial charge in [0.05, 0.1) is 12.7 Å². The van der Waals surface area contributed by atoms with Gasteiger partial charge < -0.3 is 29.6 Å². The summed E-state index contributed by atoms with van der Waals surface area (Å²) in [6.07, 6.45) is 33.6. The minimum atomic E-state index is -0.485. The Bertz CT molecular complexity index is 1250. The number of hydrogen-bond donors (Lipinski definition) is 2. The van der Waals surface area contributed by atoms with Gasteiger partial charge in [-0.3, -0.25) is 4.79 Å². The van der Waals surface area contributed by atoms with Gasteiger partial charge in [-0.2, -0.15) is 0 Å². The molecule has 350 valence electrons. The van der Waals surface area contributed by atoms with Crippen molar-refractivity contribution in [3.8, 4) is 5.75 Å². The molecule has 0 spiro atoms. The van der Waals surface area contributed by atoms with Crippen LogP contribution in [0.4, 0.5) is 4.79 Å². The van der Waals surface area contributed by atoms with Crippen LogP contribution in [0.2, 0.25) is 0 Å². The lowest BCUT2D eigenvalue weighted by Crippen LogP contribution is -2.38. The third-order valence-corrected chi connectivity index (χ3v) is 10.7. The molecule has 2 aromatic rings. The number of hydrogen-bond acceptors (Lipinski definition) is 6. The van der Waals surface area contributed by atoms with E-state index in [1.54, 1.807) is 0 Å². The van der Waals surface area contributed by atoms with Gasteiger partial charge in [0.15, 0.2) is 0 Å². The number of alkyl carbamates (subject to hydrolysis) is 1. The summed E-state index contributed by atoms with van der Waals surface area (Å²) in [6, 6.07) is 18.0. The summed E-state index contributed by atoms with van der Waals surface area (Å²) in [6.45, 7) is 15.3. The topological polar surface area (TPSA) is 95.1 Å². The molecule has 0 aromatic heterocycles. The van der Waals surface area contributed by atoms with Crippen LogP contribution in [0.1, 0.15) is 207 Å². The van der Waals surface area contributed by atoms with Crippen molar-refractivity contribution < 1.29 is 28.5 Å². The molecule has 0 fully saturated rings. The van der Waals surface area contributed by atoms with E-state index in [9.17, 15) is 9.59 Å². The average molecular weight is 853 g/mol. The van der Waals surface area contributed by atoms with E-state index in [-0.39, 0.29) is 18.2 Å². The molecule has 61 heavy (non-hydrogen) atoms. The van der Waals surface area contributed by atoms with Gasteiger partial charge >= 0.3 is 6.09 Å². The molecule has 0 aliphatic rings. The summed E-state index contributed by atoms with van der Waals surface area (Å²) in [7, 11) is 0. The Labute approximate surface area is 374 Å². The zero-order valence-corrected chi connectivity index (χ0v) is 40.1. The molecule has 8 heteroatoms. The first-order chi connectivity index (χ1) is 29.7. The Morgan fingerprint density at radius 3 is 1.57 bits per heavy atom. The number of amides is 2. The number of unbranched alkanes of at least 4 members (excludes halogenated alkanes) is 22. The lowest BCUT2D eigenvalue weighted by molar-refractivity contribution is -0.110. The zero-order chi connectivity index (χ0) is 44.5. The van der Waals surface area contributed by atoms with Gasteiger partial charge in [0.2, 0.25) is 6.41 Å². The standard InChI is InChI=1S/C32H65NO3.C21H27NO3/c1-3-5-7-9-11-13-15-17-19-21-23-25-27-35-30-32(29-33-31-34)36-28-26-24-22-20-18-16-14-12-10-8-6-4-2;1-16(22-20(23)25-21(2,3)4)14-17-10-12-19(13-11-17)24-15-18-8-6-5-7-9-18/h31-32H,3-30H2,1-2H3,(H,33,34);5-13,16H,14-15H2,1-4H3,(H,22,23). The Morgan fingerprint density at radius 1 is 0.623 bits per heavy atom. The van der Waals surface area contributed by atoms with Gasteiger partial charge in [-0.05, 0) is 70.2 Å². The summed E-state index contributed by atoms with van der Waals surface area (Å²) < 4.78 is 22.9. The molecule has 0 radical (unpaired) electrons. The third-order valence-electron chi connectivity index (χ3n) is 10.7. The minimum absolute atomic E-state index is 0.00839. The van der Waals surface area contributed by atoms with Crippen LogP contribution < -0.4 is 15.4 Å². The number of carbonyl (C=O) groups excluding carboxylic acids is 2. The highest BCUT2D eigenvalue weighted by Gasteiger charge is 2.18. The van der Waals surface area contributed by atoms with Crippen molar-refractivity contribution in [2.24, 2.45) is 0 Å². The van der Waals surface area contributed by atoms with Crippen molar-refractivity contribution >= 4 is 12.5 Å². The molecule has 8 nitrogen and oxygen atoms in total. The van der Waals surface area contributed by atoms with Crippen LogP contribution in [0, 0.1) is 0 Å². The first kappa shape index (κ1) is 55.9. The van der Waals surface area contributed by atoms with Crippen molar-refractivity contribution in [2.75, 3.05) is 26.4 Å². The average Bonchev–Trinajstić information content (AvgIpc) is 3.23. The van der Waals surface area contributed by atoms with Gasteiger partial charge in [0.1, 0.15) is 18.0 Å². The van der Waals surface area contributed by atoms with Crippen LogP contribution in [0.15, 0.2) is 54.6 Å². The fourth-order valence-electron chi connectivity index (χ4n) is 7.17. The molecule has 0 bridgehead atoms. The second kappa shape index (κ2) is 39.7. The largest absolute Gasteiger partial charge is 0.489 e. The Hall–Kier alpha value is -3.10. The smallest absolute Gasteiger partial charge is 0.407 e. The number of carbonyl (C=O) groups is 2. The predicted octanol–water partition coefficient (Wildman–Crippen LogP) is 14.3. The first-order valence-corrected chi connectivity index (χ1v) is 24.8. The van der Waals surface area contributed by atoms with E-state index in [4.69, 9.17) is 18.9 Å². The molecule has 2 atom stereocenters. The molecule has 0 aliphatic heterocycles. The van der Waals surface area contributed by atoms with Crippen LogP contribution in [-0.2, 0) is 32.0 Å². The lowest BCUT2D eigenvalue weighted by atomic mass is 10.1. The van der Waals surface area contributed by atoms with Crippen molar-refractivity contribution in [3.05, 3.63) is 65.7 Å². The molecule has 0 saturated heterocycles. The van der Waals surface area contributed by atoms with Gasteiger partial charge in [-0.15, -0.1) is 0 Å². The molecule has 2 N–H and O–H groups in total. The summed E-state index contributed by atoms with van der Waals surface area (Å²) in [5.41, 5.74) is 1.79. The van der Waals surface area contributed by atoms with Crippen molar-refractivity contribution in [1.82, 2.24) is 10.6 Å². The van der Waals surface area contributed by atoms with E-state index in [0.29, 0.717) is 19.8 Å². The van der Waals surface area contributed by atoms with Gasteiger partial charge in [-0.1, -0.05) is 198 Å². The SMILES string of the molecule is CC(Cc1ccc(OCc2ccccc2)cc1)NC(=O)OC(C)(C)C.CCCCCCCCCCCCCCOCC(CNC=O)OCCCCCCCCCCCCCC. The van der Waals surface area contributed by atoms with Crippen molar-refractivity contribution in [1.29, 1.82) is 0 Å². The van der Waals surface area contributed by atoms with Gasteiger partial charge in [0, 0.05) is 25.8 Å². The maximum Gasteiger partial charge on any atom is 0.407 e. The fraction of sp³-hybridized carbons (Fsp3) is 0.736. The van der Waals surface area contributed by atoms with E-state index in [1.807, 2.05) is 82.3 Å². The van der Waals surface area contributed by atoms with Gasteiger partial charge in [-0.25, -0.2) is 4.79 Å². The Balaban J connectivity index is 0.000000647. The fourth-order valence-corrected chi connectivity index (χ4v) is 7.17. The first-order valence-electron chi connectivity index (χ1n) is 24.8. The normalized spacial score (nSPS) is 12.2. The highest BCUT2D eigenvalue weighted by Crippen LogP contribution is 2.17. The molecule has 2 unspecified atom stereocenters. The van der Waals surface area contributed by atoms with Crippen molar-refractivity contribution in [2.45, 2.75) is 226 Å². The highest BCUT2D eigenvalue weighted by molar-refractivity contribution is 5.68. The second-order valence-electron chi connectivity index (χ2n) is 18.0. The third kappa shape index (κ3) is 37.2. The maximum atomic E-state index is 11.8. The van der Waals surface area contributed by atoms with E-state index in [2.05, 4.69) is 24.5 Å². The number of nitrogens with one attached hydrogen (secondary N) is 2. The molecule has 0 aliphatic carbocycles. The maximum absolute atomic E-state index is 11.8. The molecular formula is C53H92N2O6. The monoisotopic (exact) mass is 853 g/mol. The Morgan fingerprint density at radius 2 is 1.10 bits per heavy atom. The van der Waals surface area contributed by atoms with E-state index in [0.717, 1.165) is 55.8 Å². The zero-order valence-electron chi connectivity index (χ0n) is 40.1. The summed E-state index contributed by atoms with van der Waals surface area (Å²) in [5.74, 6) is 0.834. The number of rotatable bonds is 38. The molecular weight excluding hydrogens is 761 g/mol. The highest BCUT2D eigenvalue weighted by atomic mass is 16.6. The van der Waals surface area contributed by atoms with Crippen LogP contribution in [0.5, 0.6) is 5.75 Å². The second-order valence-corrected chi connectivity index (χ2v) is 18.0. The number of benzene rings is 2. The molecule has 2 aromatic carbocycles. The molecule has 2 rings (SSSR count). The molecule has 2 amide bonds. The van der Waals surface area contributed by atoms with Crippen LogP contribution in [0.3, 0.4) is 0 Å². The van der Waals surface area contributed by atoms with Crippen LogP contribution in [-0.4, -0.2) is 56.6 Å². The molecule has 0 heterocycles. The predicted molar refractivity (Wildman–Crippen MR) is 257 cm³/mol. The van der Waals surface area contributed by atoms with E-state index < -0.39 is 5.60 Å². The van der Waals surface area contributed by atoms with Gasteiger partial charge in [0.25, 0.3) is 0 Å². The quantitative estimate of drug-likeness (QED) is 0.0516. The van der Waals surface area contributed by atoms with Crippen molar-refractivity contribution in [3.63, 3.8) is 0 Å². The molecule has 0 saturated carbocycles. The van der Waals surface area contributed by atoms with E-state index in [1.165, 1.54) is 141 Å². The Kier molecular flexibility index (Phi) is 36.4. The van der Waals surface area contributed by atoms with Crippen LogP contribution in [0.25, 0.3) is 0 Å². The minimum Gasteiger partial charge on any atom is -0.489 e. The number of ether oxygens (including phenoxy) is 4. The van der Waals surface area contributed by atoms with Crippen LogP contribution >= 0.6 is 0 Å². The summed E-state index contributed by atoms with van der Waals surface area (Å²) >= 11 is 0. The summed E-state index contributed by atoms with van der Waals surface area (Å²) in [4.78, 5) is 22.5. The lowest BCUT2D eigenvalue weighted by Gasteiger charge is -2.22.